The van der Waals surface area contributed by atoms with Gasteiger partial charge in [-0.25, -0.2) is 0 Å². The zero-order chi connectivity index (χ0) is 15.4. The van der Waals surface area contributed by atoms with Crippen LogP contribution in [0.2, 0.25) is 0 Å². The summed E-state index contributed by atoms with van der Waals surface area (Å²) in [5.74, 6) is 0.540. The lowest BCUT2D eigenvalue weighted by Crippen LogP contribution is -2.13. The number of amides is 1. The second-order valence-corrected chi connectivity index (χ2v) is 5.57. The maximum absolute atomic E-state index is 12.2. The highest BCUT2D eigenvalue weighted by Gasteiger charge is 2.10. The lowest BCUT2D eigenvalue weighted by atomic mass is 10.0. The highest BCUT2D eigenvalue weighted by molar-refractivity contribution is 6.01. The van der Waals surface area contributed by atoms with Gasteiger partial charge in [-0.2, -0.15) is 5.10 Å². The van der Waals surface area contributed by atoms with E-state index in [1.54, 1.807) is 6.20 Å². The molecule has 0 saturated carbocycles. The number of nitrogens with zero attached hydrogens (tertiary/aromatic N) is 2. The number of allylic oxidation sites excluding steroid dienone is 4. The predicted octanol–water partition coefficient (Wildman–Crippen LogP) is 3.93. The number of nitrogens with one attached hydrogen (secondary N) is 1. The van der Waals surface area contributed by atoms with Crippen molar-refractivity contribution in [3.63, 3.8) is 0 Å². The van der Waals surface area contributed by atoms with Gasteiger partial charge in [0, 0.05) is 17.2 Å². The fourth-order valence-corrected chi connectivity index (χ4v) is 2.74. The monoisotopic (exact) mass is 293 g/mol. The molecule has 3 rings (SSSR count). The van der Waals surface area contributed by atoms with Gasteiger partial charge in [0.2, 0.25) is 5.91 Å². The first kappa shape index (κ1) is 14.4. The maximum atomic E-state index is 12.2. The van der Waals surface area contributed by atoms with Gasteiger partial charge < -0.3 is 5.32 Å². The van der Waals surface area contributed by atoms with Gasteiger partial charge in [-0.05, 0) is 31.7 Å². The van der Waals surface area contributed by atoms with E-state index in [-0.39, 0.29) is 5.91 Å². The van der Waals surface area contributed by atoms with Crippen LogP contribution in [0.25, 0.3) is 10.8 Å². The van der Waals surface area contributed by atoms with Crippen molar-refractivity contribution in [2.45, 2.75) is 32.6 Å². The summed E-state index contributed by atoms with van der Waals surface area (Å²) in [6.07, 6.45) is 11.4. The van der Waals surface area contributed by atoms with Gasteiger partial charge in [-0.3, -0.25) is 4.79 Å². The molecule has 0 unspecified atom stereocenters. The summed E-state index contributed by atoms with van der Waals surface area (Å²) < 4.78 is 0. The largest absolute Gasteiger partial charge is 0.309 e. The van der Waals surface area contributed by atoms with Crippen LogP contribution in [0.3, 0.4) is 0 Å². The van der Waals surface area contributed by atoms with Crippen molar-refractivity contribution >= 4 is 22.5 Å². The van der Waals surface area contributed by atoms with Crippen LogP contribution in [0, 0.1) is 6.92 Å². The topological polar surface area (TPSA) is 54.9 Å². The molecule has 1 aromatic carbocycles. The minimum absolute atomic E-state index is 0.0134. The number of hydrogen-bond acceptors (Lipinski definition) is 3. The lowest BCUT2D eigenvalue weighted by Gasteiger charge is -2.10. The van der Waals surface area contributed by atoms with E-state index in [2.05, 4.69) is 33.7 Å². The zero-order valence-corrected chi connectivity index (χ0v) is 12.7. The van der Waals surface area contributed by atoms with Gasteiger partial charge in [-0.1, -0.05) is 42.0 Å². The predicted molar refractivity (Wildman–Crippen MR) is 88.6 cm³/mol. The van der Waals surface area contributed by atoms with Crippen molar-refractivity contribution in [1.82, 2.24) is 10.2 Å². The first-order valence-electron chi connectivity index (χ1n) is 7.59. The molecule has 4 heteroatoms. The number of carbonyl (C=O) groups excluding carboxylic acids is 1. The summed E-state index contributed by atoms with van der Waals surface area (Å²) in [4.78, 5) is 12.2. The highest BCUT2D eigenvalue weighted by Crippen LogP contribution is 2.24. The third-order valence-electron chi connectivity index (χ3n) is 3.93. The van der Waals surface area contributed by atoms with Crippen molar-refractivity contribution < 1.29 is 4.79 Å². The number of aryl methyl sites for hydroxylation is 1. The van der Waals surface area contributed by atoms with Crippen molar-refractivity contribution in [2.24, 2.45) is 0 Å². The molecule has 1 aliphatic rings. The number of benzene rings is 1. The number of anilines is 1. The molecule has 1 aromatic heterocycles. The number of rotatable bonds is 4. The van der Waals surface area contributed by atoms with Crippen LogP contribution in [0.4, 0.5) is 5.82 Å². The normalized spacial score (nSPS) is 14.0. The molecular formula is C18H19N3O. The molecule has 0 radical (unpaired) electrons. The summed E-state index contributed by atoms with van der Waals surface area (Å²) in [5, 5.41) is 12.9. The Labute approximate surface area is 129 Å². The Hall–Kier alpha value is -2.49. The molecule has 0 aliphatic heterocycles. The van der Waals surface area contributed by atoms with Crippen molar-refractivity contribution in [1.29, 1.82) is 0 Å². The Morgan fingerprint density at radius 1 is 1.36 bits per heavy atom. The highest BCUT2D eigenvalue weighted by atomic mass is 16.1. The Balaban J connectivity index is 1.71. The molecule has 112 valence electrons. The van der Waals surface area contributed by atoms with E-state index in [9.17, 15) is 4.79 Å². The summed E-state index contributed by atoms with van der Waals surface area (Å²) in [7, 11) is 0. The first-order valence-corrected chi connectivity index (χ1v) is 7.59. The van der Waals surface area contributed by atoms with E-state index in [0.29, 0.717) is 12.2 Å². The van der Waals surface area contributed by atoms with Crippen molar-refractivity contribution in [2.75, 3.05) is 5.32 Å². The van der Waals surface area contributed by atoms with E-state index in [0.717, 1.165) is 35.6 Å². The van der Waals surface area contributed by atoms with Crippen LogP contribution >= 0.6 is 0 Å². The molecule has 1 heterocycles. The Kier molecular flexibility index (Phi) is 4.28. The van der Waals surface area contributed by atoms with Crippen molar-refractivity contribution in [3.8, 4) is 0 Å². The van der Waals surface area contributed by atoms with E-state index in [1.807, 2.05) is 25.1 Å². The summed E-state index contributed by atoms with van der Waals surface area (Å²) >= 11 is 0. The van der Waals surface area contributed by atoms with Crippen LogP contribution in [0.1, 0.15) is 31.2 Å². The Bertz CT molecular complexity index is 757. The van der Waals surface area contributed by atoms with Crippen LogP contribution < -0.4 is 5.32 Å². The fourth-order valence-electron chi connectivity index (χ4n) is 2.74. The molecule has 22 heavy (non-hydrogen) atoms. The van der Waals surface area contributed by atoms with Crippen LogP contribution in [0.15, 0.2) is 48.2 Å². The fraction of sp³-hybridized carbons (Fsp3) is 0.278. The van der Waals surface area contributed by atoms with Gasteiger partial charge in [0.25, 0.3) is 0 Å². The van der Waals surface area contributed by atoms with Gasteiger partial charge in [0.05, 0.1) is 6.20 Å². The molecule has 2 aromatic rings. The molecule has 0 saturated heterocycles. The molecule has 1 N–H and O–H groups in total. The minimum atomic E-state index is -0.0134. The molecule has 4 nitrogen and oxygen atoms in total. The number of hydrogen-bond donors (Lipinski definition) is 1. The Morgan fingerprint density at radius 2 is 2.27 bits per heavy atom. The molecule has 0 bridgehead atoms. The second-order valence-electron chi connectivity index (χ2n) is 5.57. The molecular weight excluding hydrogens is 274 g/mol. The second kappa shape index (κ2) is 6.52. The zero-order valence-electron chi connectivity index (χ0n) is 12.7. The van der Waals surface area contributed by atoms with E-state index in [4.69, 9.17) is 0 Å². The average Bonchev–Trinajstić information content (AvgIpc) is 2.54. The van der Waals surface area contributed by atoms with E-state index in [1.165, 1.54) is 5.57 Å². The minimum Gasteiger partial charge on any atom is -0.309 e. The van der Waals surface area contributed by atoms with Gasteiger partial charge in [0.15, 0.2) is 5.82 Å². The summed E-state index contributed by atoms with van der Waals surface area (Å²) in [5.41, 5.74) is 2.42. The summed E-state index contributed by atoms with van der Waals surface area (Å²) in [6, 6.07) is 5.97. The third kappa shape index (κ3) is 3.22. The van der Waals surface area contributed by atoms with Gasteiger partial charge in [-0.15, -0.1) is 5.10 Å². The van der Waals surface area contributed by atoms with Crippen LogP contribution in [0.5, 0.6) is 0 Å². The molecule has 0 atom stereocenters. The number of aromatic nitrogens is 2. The molecule has 1 aliphatic carbocycles. The number of carbonyl (C=O) groups is 1. The SMILES string of the molecule is Cc1cccc2cnnc(NC(=O)CCC3=CC=CCC3)c12. The first-order chi connectivity index (χ1) is 10.7. The third-order valence-corrected chi connectivity index (χ3v) is 3.93. The molecule has 0 fully saturated rings. The Morgan fingerprint density at radius 3 is 3.09 bits per heavy atom. The van der Waals surface area contributed by atoms with Gasteiger partial charge in [0.1, 0.15) is 0 Å². The van der Waals surface area contributed by atoms with E-state index < -0.39 is 0 Å². The van der Waals surface area contributed by atoms with Crippen molar-refractivity contribution in [3.05, 3.63) is 53.8 Å². The lowest BCUT2D eigenvalue weighted by molar-refractivity contribution is -0.116. The summed E-state index contributed by atoms with van der Waals surface area (Å²) in [6.45, 7) is 2.01. The van der Waals surface area contributed by atoms with Crippen LogP contribution in [-0.2, 0) is 4.79 Å². The molecule has 0 spiro atoms. The molecule has 1 amide bonds. The van der Waals surface area contributed by atoms with E-state index >= 15 is 0 Å². The number of fused-ring (bicyclic) bond motifs is 1. The quantitative estimate of drug-likeness (QED) is 0.929. The average molecular weight is 293 g/mol. The van der Waals surface area contributed by atoms with Gasteiger partial charge >= 0.3 is 0 Å². The van der Waals surface area contributed by atoms with Crippen LogP contribution in [-0.4, -0.2) is 16.1 Å². The smallest absolute Gasteiger partial charge is 0.225 e. The maximum Gasteiger partial charge on any atom is 0.225 e. The standard InChI is InChI=1S/C18H19N3O/c1-13-6-5-9-15-12-19-21-18(17(13)15)20-16(22)11-10-14-7-3-2-4-8-14/h2-3,5-7,9,12H,4,8,10-11H2,1H3,(H,20,21,22).